The molecule has 1 saturated carbocycles. The van der Waals surface area contributed by atoms with Crippen LogP contribution in [0, 0.1) is 17.0 Å². The van der Waals surface area contributed by atoms with Crippen LogP contribution in [0.1, 0.15) is 38.7 Å². The average molecular weight is 332 g/mol. The van der Waals surface area contributed by atoms with Gasteiger partial charge in [-0.1, -0.05) is 13.8 Å². The normalized spacial score (nSPS) is 18.4. The minimum Gasteiger partial charge on any atom is -0.313 e. The van der Waals surface area contributed by atoms with Gasteiger partial charge in [0.25, 0.3) is 0 Å². The van der Waals surface area contributed by atoms with E-state index in [2.05, 4.69) is 35.1 Å². The molecule has 0 aliphatic heterocycles. The summed E-state index contributed by atoms with van der Waals surface area (Å²) in [6.07, 6.45) is 3.70. The zero-order valence-electron chi connectivity index (χ0n) is 11.4. The molecule has 0 spiro atoms. The zero-order chi connectivity index (χ0) is 14.0. The maximum atomic E-state index is 14.0. The number of nitrogens with one attached hydrogen (secondary N) is 1. The minimum atomic E-state index is -0.465. The van der Waals surface area contributed by atoms with Crippen LogP contribution in [0.5, 0.6) is 0 Å². The smallest absolute Gasteiger partial charge is 0.143 e. The van der Waals surface area contributed by atoms with Crippen molar-refractivity contribution in [2.45, 2.75) is 45.6 Å². The van der Waals surface area contributed by atoms with Crippen LogP contribution in [0.15, 0.2) is 16.6 Å². The minimum absolute atomic E-state index is 0.144. The summed E-state index contributed by atoms with van der Waals surface area (Å²) in [4.78, 5) is 0. The van der Waals surface area contributed by atoms with Gasteiger partial charge in [-0.15, -0.1) is 0 Å². The van der Waals surface area contributed by atoms with Crippen molar-refractivity contribution in [3.63, 3.8) is 0 Å². The maximum Gasteiger partial charge on any atom is 0.143 e. The van der Waals surface area contributed by atoms with Crippen LogP contribution in [0.25, 0.3) is 0 Å². The standard InChI is InChI=1S/C15H20BrF2N/c1-3-8-19-13(15(2)6-7-15)9-10-12(17)5-4-11(16)14(10)18/h4-5,13,19H,3,6-9H2,1-2H3. The van der Waals surface area contributed by atoms with Gasteiger partial charge in [0.2, 0.25) is 0 Å². The Labute approximate surface area is 121 Å². The first kappa shape index (κ1) is 14.9. The van der Waals surface area contributed by atoms with E-state index in [1.807, 2.05) is 0 Å². The molecule has 1 aliphatic carbocycles. The fourth-order valence-corrected chi connectivity index (χ4v) is 2.76. The lowest BCUT2D eigenvalue weighted by molar-refractivity contribution is 0.346. The summed E-state index contributed by atoms with van der Waals surface area (Å²) in [5.74, 6) is -0.916. The number of hydrogen-bond acceptors (Lipinski definition) is 1. The highest BCUT2D eigenvalue weighted by Crippen LogP contribution is 2.49. The Morgan fingerprint density at radius 3 is 2.63 bits per heavy atom. The topological polar surface area (TPSA) is 12.0 Å². The maximum absolute atomic E-state index is 14.0. The predicted molar refractivity (Wildman–Crippen MR) is 77.2 cm³/mol. The Morgan fingerprint density at radius 2 is 2.05 bits per heavy atom. The first-order valence-electron chi connectivity index (χ1n) is 6.83. The van der Waals surface area contributed by atoms with Crippen LogP contribution in [0.3, 0.4) is 0 Å². The summed E-state index contributed by atoms with van der Waals surface area (Å²) in [7, 11) is 0. The monoisotopic (exact) mass is 331 g/mol. The summed E-state index contributed by atoms with van der Waals surface area (Å²) in [5, 5.41) is 3.45. The van der Waals surface area contributed by atoms with Crippen LogP contribution in [-0.2, 0) is 6.42 Å². The molecular formula is C15H20BrF2N. The van der Waals surface area contributed by atoms with Gasteiger partial charge in [0.05, 0.1) is 4.47 Å². The molecule has 1 N–H and O–H groups in total. The van der Waals surface area contributed by atoms with E-state index in [1.54, 1.807) is 0 Å². The SMILES string of the molecule is CCCNC(Cc1c(F)ccc(Br)c1F)C1(C)CC1. The van der Waals surface area contributed by atoms with Gasteiger partial charge in [0.15, 0.2) is 0 Å². The second-order valence-electron chi connectivity index (χ2n) is 5.69. The molecule has 4 heteroatoms. The summed E-state index contributed by atoms with van der Waals surface area (Å²) in [6.45, 7) is 5.17. The molecule has 0 aromatic heterocycles. The van der Waals surface area contributed by atoms with Gasteiger partial charge in [0, 0.05) is 11.6 Å². The molecule has 1 aromatic rings. The molecule has 0 bridgehead atoms. The molecule has 1 fully saturated rings. The third kappa shape index (κ3) is 3.34. The Balaban J connectivity index is 2.19. The van der Waals surface area contributed by atoms with Gasteiger partial charge < -0.3 is 5.32 Å². The average Bonchev–Trinajstić information content (AvgIpc) is 3.12. The second kappa shape index (κ2) is 5.88. The molecule has 1 aliphatic rings. The quantitative estimate of drug-likeness (QED) is 0.760. The number of benzene rings is 1. The van der Waals surface area contributed by atoms with Crippen molar-refractivity contribution in [2.24, 2.45) is 5.41 Å². The van der Waals surface area contributed by atoms with Crippen LogP contribution in [-0.4, -0.2) is 12.6 Å². The summed E-state index contributed by atoms with van der Waals surface area (Å²) in [6, 6.07) is 2.89. The van der Waals surface area contributed by atoms with E-state index in [4.69, 9.17) is 0 Å². The van der Waals surface area contributed by atoms with Crippen molar-refractivity contribution in [1.82, 2.24) is 5.32 Å². The third-order valence-corrected chi connectivity index (χ3v) is 4.68. The molecule has 0 radical (unpaired) electrons. The summed E-state index contributed by atoms with van der Waals surface area (Å²) < 4.78 is 28.2. The van der Waals surface area contributed by atoms with E-state index >= 15 is 0 Å². The zero-order valence-corrected chi connectivity index (χ0v) is 13.0. The molecule has 0 heterocycles. The van der Waals surface area contributed by atoms with Crippen molar-refractivity contribution >= 4 is 15.9 Å². The Bertz CT molecular complexity index is 458. The largest absolute Gasteiger partial charge is 0.313 e. The van der Waals surface area contributed by atoms with Gasteiger partial charge in [-0.2, -0.15) is 0 Å². The summed E-state index contributed by atoms with van der Waals surface area (Å²) >= 11 is 3.13. The molecule has 1 aromatic carbocycles. The van der Waals surface area contributed by atoms with E-state index in [-0.39, 0.29) is 17.0 Å². The molecular weight excluding hydrogens is 312 g/mol. The van der Waals surface area contributed by atoms with E-state index < -0.39 is 11.6 Å². The van der Waals surface area contributed by atoms with Gasteiger partial charge >= 0.3 is 0 Å². The van der Waals surface area contributed by atoms with Gasteiger partial charge in [-0.3, -0.25) is 0 Å². The van der Waals surface area contributed by atoms with Gasteiger partial charge in [-0.25, -0.2) is 8.78 Å². The van der Waals surface area contributed by atoms with Crippen molar-refractivity contribution in [3.05, 3.63) is 33.8 Å². The van der Waals surface area contributed by atoms with Gasteiger partial charge in [0.1, 0.15) is 11.6 Å². The van der Waals surface area contributed by atoms with Crippen molar-refractivity contribution in [2.75, 3.05) is 6.54 Å². The van der Waals surface area contributed by atoms with Crippen LogP contribution < -0.4 is 5.32 Å². The Kier molecular flexibility index (Phi) is 4.62. The fourth-order valence-electron chi connectivity index (χ4n) is 2.39. The number of rotatable bonds is 6. The lowest BCUT2D eigenvalue weighted by Gasteiger charge is -2.25. The van der Waals surface area contributed by atoms with E-state index in [0.717, 1.165) is 25.8 Å². The predicted octanol–water partition coefficient (Wildman–Crippen LogP) is 4.44. The molecule has 1 unspecified atom stereocenters. The van der Waals surface area contributed by atoms with Crippen molar-refractivity contribution in [1.29, 1.82) is 0 Å². The second-order valence-corrected chi connectivity index (χ2v) is 6.54. The molecule has 1 atom stereocenters. The van der Waals surface area contributed by atoms with Crippen molar-refractivity contribution < 1.29 is 8.78 Å². The lowest BCUT2D eigenvalue weighted by atomic mass is 9.91. The fraction of sp³-hybridized carbons (Fsp3) is 0.600. The van der Waals surface area contributed by atoms with Gasteiger partial charge in [-0.05, 0) is 65.7 Å². The van der Waals surface area contributed by atoms with Crippen molar-refractivity contribution in [3.8, 4) is 0 Å². The van der Waals surface area contributed by atoms with E-state index in [9.17, 15) is 8.78 Å². The Morgan fingerprint density at radius 1 is 1.37 bits per heavy atom. The van der Waals surface area contributed by atoms with Crippen LogP contribution in [0.4, 0.5) is 8.78 Å². The van der Waals surface area contributed by atoms with E-state index in [0.29, 0.717) is 10.9 Å². The van der Waals surface area contributed by atoms with Crippen LogP contribution in [0.2, 0.25) is 0 Å². The first-order valence-corrected chi connectivity index (χ1v) is 7.63. The molecule has 1 nitrogen and oxygen atoms in total. The molecule has 19 heavy (non-hydrogen) atoms. The molecule has 0 saturated heterocycles. The Hall–Kier alpha value is -0.480. The number of hydrogen-bond donors (Lipinski definition) is 1. The highest BCUT2D eigenvalue weighted by atomic mass is 79.9. The van der Waals surface area contributed by atoms with Crippen LogP contribution >= 0.6 is 15.9 Å². The summed E-state index contributed by atoms with van der Waals surface area (Å²) in [5.41, 5.74) is 0.382. The lowest BCUT2D eigenvalue weighted by Crippen LogP contribution is -2.39. The molecule has 2 rings (SSSR count). The molecule has 0 amide bonds. The van der Waals surface area contributed by atoms with E-state index in [1.165, 1.54) is 12.1 Å². The molecule has 106 valence electrons. The first-order chi connectivity index (χ1) is 8.98. The number of halogens is 3. The highest BCUT2D eigenvalue weighted by Gasteiger charge is 2.44. The highest BCUT2D eigenvalue weighted by molar-refractivity contribution is 9.10. The third-order valence-electron chi connectivity index (χ3n) is 4.07.